The number of urea groups is 1. The average molecular weight is 270 g/mol. The largest absolute Gasteiger partial charge is 0.370 e. The summed E-state index contributed by atoms with van der Waals surface area (Å²) in [6.07, 6.45) is -0.647. The highest BCUT2D eigenvalue weighted by atomic mass is 16.5. The van der Waals surface area contributed by atoms with Crippen LogP contribution < -0.4 is 10.2 Å². The molecular weight excluding hydrogens is 256 g/mol. The van der Waals surface area contributed by atoms with Gasteiger partial charge < -0.3 is 10.1 Å². The predicted octanol–water partition coefficient (Wildman–Crippen LogP) is 1.91. The minimum absolute atomic E-state index is 0.204. The summed E-state index contributed by atoms with van der Waals surface area (Å²) in [5.74, 6) is -0.340. The molecule has 1 atom stereocenters. The number of anilines is 1. The van der Waals surface area contributed by atoms with Crippen LogP contribution in [0.25, 0.3) is 10.8 Å². The molecule has 1 unspecified atom stereocenters. The lowest BCUT2D eigenvalue weighted by atomic mass is 10.1. The molecule has 1 N–H and O–H groups in total. The van der Waals surface area contributed by atoms with Crippen molar-refractivity contribution in [2.75, 3.05) is 18.6 Å². The number of imide groups is 1. The fourth-order valence-electron chi connectivity index (χ4n) is 2.41. The molecule has 5 heteroatoms. The van der Waals surface area contributed by atoms with Crippen LogP contribution in [-0.4, -0.2) is 31.7 Å². The summed E-state index contributed by atoms with van der Waals surface area (Å²) in [4.78, 5) is 25.6. The van der Waals surface area contributed by atoms with Gasteiger partial charge in [0.15, 0.2) is 6.10 Å². The Balaban J connectivity index is 2.13. The third kappa shape index (κ3) is 1.92. The van der Waals surface area contributed by atoms with Crippen molar-refractivity contribution in [3.05, 3.63) is 42.5 Å². The van der Waals surface area contributed by atoms with Gasteiger partial charge in [-0.15, -0.1) is 0 Å². The number of rotatable bonds is 2. The van der Waals surface area contributed by atoms with Gasteiger partial charge in [-0.2, -0.15) is 0 Å². The Labute approximate surface area is 116 Å². The van der Waals surface area contributed by atoms with Gasteiger partial charge in [-0.1, -0.05) is 36.4 Å². The minimum Gasteiger partial charge on any atom is -0.370 e. The second-order valence-electron chi connectivity index (χ2n) is 4.58. The molecule has 0 aliphatic carbocycles. The molecule has 1 aliphatic rings. The van der Waals surface area contributed by atoms with Gasteiger partial charge in [0.1, 0.15) is 0 Å². The zero-order valence-corrected chi connectivity index (χ0v) is 11.0. The fourth-order valence-corrected chi connectivity index (χ4v) is 2.41. The molecule has 1 saturated heterocycles. The lowest BCUT2D eigenvalue weighted by molar-refractivity contribution is -0.128. The van der Waals surface area contributed by atoms with Gasteiger partial charge in [0.25, 0.3) is 5.91 Å². The molecule has 2 aromatic carbocycles. The fraction of sp³-hybridized carbons (Fsp3) is 0.200. The topological polar surface area (TPSA) is 58.6 Å². The van der Waals surface area contributed by atoms with E-state index in [-0.39, 0.29) is 12.5 Å². The average Bonchev–Trinajstić information content (AvgIpc) is 2.48. The van der Waals surface area contributed by atoms with E-state index in [4.69, 9.17) is 4.74 Å². The minimum atomic E-state index is -0.647. The number of amides is 3. The molecule has 0 aromatic heterocycles. The maximum atomic E-state index is 12.4. The van der Waals surface area contributed by atoms with Crippen LogP contribution in [0.4, 0.5) is 10.5 Å². The quantitative estimate of drug-likeness (QED) is 0.907. The van der Waals surface area contributed by atoms with Crippen molar-refractivity contribution in [3.63, 3.8) is 0 Å². The molecule has 0 spiro atoms. The van der Waals surface area contributed by atoms with E-state index in [1.807, 2.05) is 36.4 Å². The van der Waals surface area contributed by atoms with Gasteiger partial charge in [0.05, 0.1) is 12.2 Å². The van der Waals surface area contributed by atoms with E-state index in [2.05, 4.69) is 5.32 Å². The van der Waals surface area contributed by atoms with Crippen LogP contribution in [-0.2, 0) is 9.53 Å². The first kappa shape index (κ1) is 12.6. The van der Waals surface area contributed by atoms with Crippen molar-refractivity contribution in [1.29, 1.82) is 0 Å². The van der Waals surface area contributed by atoms with Crippen LogP contribution in [0.15, 0.2) is 42.5 Å². The van der Waals surface area contributed by atoms with Crippen molar-refractivity contribution < 1.29 is 14.3 Å². The number of nitrogens with one attached hydrogen (secondary N) is 1. The van der Waals surface area contributed by atoms with Gasteiger partial charge in [-0.05, 0) is 11.5 Å². The van der Waals surface area contributed by atoms with Gasteiger partial charge >= 0.3 is 6.03 Å². The number of nitrogens with zero attached hydrogens (tertiary/aromatic N) is 1. The lowest BCUT2D eigenvalue weighted by Crippen LogP contribution is -2.58. The van der Waals surface area contributed by atoms with Crippen LogP contribution >= 0.6 is 0 Å². The van der Waals surface area contributed by atoms with E-state index >= 15 is 0 Å². The van der Waals surface area contributed by atoms with Crippen LogP contribution in [0, 0.1) is 0 Å². The van der Waals surface area contributed by atoms with Gasteiger partial charge in [0.2, 0.25) is 0 Å². The van der Waals surface area contributed by atoms with E-state index in [9.17, 15) is 9.59 Å². The first-order chi connectivity index (χ1) is 9.72. The highest BCUT2D eigenvalue weighted by Crippen LogP contribution is 2.28. The van der Waals surface area contributed by atoms with Crippen LogP contribution in [0.2, 0.25) is 0 Å². The van der Waals surface area contributed by atoms with Crippen LogP contribution in [0.3, 0.4) is 0 Å². The summed E-state index contributed by atoms with van der Waals surface area (Å²) in [6, 6.07) is 12.7. The third-order valence-electron chi connectivity index (χ3n) is 3.43. The summed E-state index contributed by atoms with van der Waals surface area (Å²) < 4.78 is 5.11. The molecule has 0 saturated carbocycles. The summed E-state index contributed by atoms with van der Waals surface area (Å²) in [6.45, 7) is 0.204. The maximum Gasteiger partial charge on any atom is 0.328 e. The van der Waals surface area contributed by atoms with E-state index in [0.717, 1.165) is 15.7 Å². The predicted molar refractivity (Wildman–Crippen MR) is 75.6 cm³/mol. The number of hydrogen-bond acceptors (Lipinski definition) is 3. The number of carbonyl (C=O) groups is 2. The van der Waals surface area contributed by atoms with E-state index in [1.54, 1.807) is 6.07 Å². The Bertz CT molecular complexity index is 678. The first-order valence-corrected chi connectivity index (χ1v) is 6.34. The molecule has 3 amide bonds. The molecular formula is C15H14N2O3. The maximum absolute atomic E-state index is 12.4. The monoisotopic (exact) mass is 270 g/mol. The summed E-state index contributed by atoms with van der Waals surface area (Å²) >= 11 is 0. The van der Waals surface area contributed by atoms with Crippen molar-refractivity contribution in [3.8, 4) is 0 Å². The van der Waals surface area contributed by atoms with Crippen LogP contribution in [0.5, 0.6) is 0 Å². The lowest BCUT2D eigenvalue weighted by Gasteiger charge is -2.31. The molecule has 2 aromatic rings. The number of methoxy groups -OCH3 is 1. The van der Waals surface area contributed by atoms with E-state index in [0.29, 0.717) is 5.69 Å². The summed E-state index contributed by atoms with van der Waals surface area (Å²) in [5, 5.41) is 4.50. The highest BCUT2D eigenvalue weighted by Gasteiger charge is 2.35. The number of benzene rings is 2. The standard InChI is InChI=1S/C15H14N2O3/c1-20-13-9-16-15(19)17(14(13)18)12-8-4-6-10-5-2-3-7-11(10)12/h2-8,13H,9H2,1H3,(H,16,19). The molecule has 20 heavy (non-hydrogen) atoms. The Morgan fingerprint density at radius 1 is 1.15 bits per heavy atom. The Kier molecular flexibility index (Phi) is 3.12. The highest BCUT2D eigenvalue weighted by molar-refractivity contribution is 6.21. The van der Waals surface area contributed by atoms with E-state index in [1.165, 1.54) is 7.11 Å². The number of hydrogen-bond donors (Lipinski definition) is 1. The molecule has 0 bridgehead atoms. The zero-order chi connectivity index (χ0) is 14.1. The van der Waals surface area contributed by atoms with Gasteiger partial charge in [-0.3, -0.25) is 4.79 Å². The van der Waals surface area contributed by atoms with Crippen LogP contribution in [0.1, 0.15) is 0 Å². The number of carbonyl (C=O) groups excluding carboxylic acids is 2. The molecule has 1 heterocycles. The van der Waals surface area contributed by atoms with Crippen molar-refractivity contribution in [2.45, 2.75) is 6.10 Å². The number of ether oxygens (including phenoxy) is 1. The normalized spacial score (nSPS) is 19.2. The second-order valence-corrected chi connectivity index (χ2v) is 4.58. The SMILES string of the molecule is COC1CNC(=O)N(c2cccc3ccccc23)C1=O. The third-order valence-corrected chi connectivity index (χ3v) is 3.43. The van der Waals surface area contributed by atoms with Crippen molar-refractivity contribution in [2.24, 2.45) is 0 Å². The zero-order valence-electron chi connectivity index (χ0n) is 11.0. The number of fused-ring (bicyclic) bond motifs is 1. The first-order valence-electron chi connectivity index (χ1n) is 6.34. The second kappa shape index (κ2) is 4.94. The molecule has 0 radical (unpaired) electrons. The summed E-state index contributed by atoms with van der Waals surface area (Å²) in [5.41, 5.74) is 0.576. The molecule has 1 fully saturated rings. The molecule has 5 nitrogen and oxygen atoms in total. The van der Waals surface area contributed by atoms with Crippen molar-refractivity contribution in [1.82, 2.24) is 5.32 Å². The summed E-state index contributed by atoms with van der Waals surface area (Å²) in [7, 11) is 1.46. The Morgan fingerprint density at radius 3 is 2.70 bits per heavy atom. The van der Waals surface area contributed by atoms with Gasteiger partial charge in [0, 0.05) is 12.5 Å². The van der Waals surface area contributed by atoms with Gasteiger partial charge in [-0.25, -0.2) is 9.69 Å². The molecule has 102 valence electrons. The Morgan fingerprint density at radius 2 is 1.90 bits per heavy atom. The van der Waals surface area contributed by atoms with Crippen molar-refractivity contribution >= 4 is 28.4 Å². The molecule has 3 rings (SSSR count). The smallest absolute Gasteiger partial charge is 0.328 e. The molecule has 1 aliphatic heterocycles. The van der Waals surface area contributed by atoms with E-state index < -0.39 is 12.1 Å². The Hall–Kier alpha value is -2.40.